The zero-order chi connectivity index (χ0) is 14.7. The maximum Gasteiger partial charge on any atom is 0.0600 e. The molecule has 1 aliphatic heterocycles. The number of benzene rings is 1. The number of rotatable bonds is 5. The van der Waals surface area contributed by atoms with E-state index < -0.39 is 0 Å². The molecule has 1 heterocycles. The molecule has 0 bridgehead atoms. The first-order valence-corrected chi connectivity index (χ1v) is 8.00. The van der Waals surface area contributed by atoms with Gasteiger partial charge in [-0.3, -0.25) is 0 Å². The molecule has 2 heteroatoms. The average molecular weight is 275 g/mol. The Morgan fingerprint density at radius 2 is 1.75 bits per heavy atom. The van der Waals surface area contributed by atoms with Gasteiger partial charge in [-0.25, -0.2) is 0 Å². The molecule has 1 fully saturated rings. The molecule has 5 unspecified atom stereocenters. The maximum atomic E-state index is 6.05. The Balaban J connectivity index is 2.25. The molecule has 0 radical (unpaired) electrons. The fourth-order valence-electron chi connectivity index (χ4n) is 3.42. The van der Waals surface area contributed by atoms with E-state index in [1.54, 1.807) is 0 Å². The summed E-state index contributed by atoms with van der Waals surface area (Å²) < 4.78 is 6.05. The number of hydrogen-bond acceptors (Lipinski definition) is 2. The summed E-state index contributed by atoms with van der Waals surface area (Å²) in [5.41, 5.74) is 2.71. The van der Waals surface area contributed by atoms with Gasteiger partial charge in [0.25, 0.3) is 0 Å². The topological polar surface area (TPSA) is 21.3 Å². The summed E-state index contributed by atoms with van der Waals surface area (Å²) in [5.74, 6) is 1.12. The predicted octanol–water partition coefficient (Wildman–Crippen LogP) is 4.10. The SMILES string of the molecule is CCCNC(c1ccc(C)cc1)C1C(C)OC(C)C1C. The first-order valence-electron chi connectivity index (χ1n) is 8.00. The molecule has 1 aromatic rings. The van der Waals surface area contributed by atoms with Crippen LogP contribution in [0, 0.1) is 18.8 Å². The van der Waals surface area contributed by atoms with Crippen molar-refractivity contribution in [1.29, 1.82) is 0 Å². The van der Waals surface area contributed by atoms with Crippen LogP contribution in [0.1, 0.15) is 51.3 Å². The Kier molecular flexibility index (Phi) is 5.22. The van der Waals surface area contributed by atoms with E-state index in [2.05, 4.69) is 64.2 Å². The standard InChI is InChI=1S/C18H29NO/c1-6-11-19-18(16-9-7-12(2)8-10-16)17-13(3)14(4)20-15(17)5/h7-10,13-15,17-19H,6,11H2,1-5H3. The number of aryl methyl sites for hydroxylation is 1. The Hall–Kier alpha value is -0.860. The van der Waals surface area contributed by atoms with Crippen LogP contribution in [0.3, 0.4) is 0 Å². The van der Waals surface area contributed by atoms with Crippen LogP contribution in [0.25, 0.3) is 0 Å². The minimum atomic E-state index is 0.315. The van der Waals surface area contributed by atoms with Crippen molar-refractivity contribution in [2.24, 2.45) is 11.8 Å². The second-order valence-corrected chi connectivity index (χ2v) is 6.33. The van der Waals surface area contributed by atoms with Gasteiger partial charge in [0.2, 0.25) is 0 Å². The van der Waals surface area contributed by atoms with Gasteiger partial charge in [0.15, 0.2) is 0 Å². The van der Waals surface area contributed by atoms with Gasteiger partial charge in [-0.1, -0.05) is 43.7 Å². The Bertz CT molecular complexity index is 414. The number of hydrogen-bond donors (Lipinski definition) is 1. The van der Waals surface area contributed by atoms with Crippen LogP contribution in [0.15, 0.2) is 24.3 Å². The van der Waals surface area contributed by atoms with Crippen molar-refractivity contribution in [2.75, 3.05) is 6.54 Å². The molecular formula is C18H29NO. The number of ether oxygens (including phenoxy) is 1. The van der Waals surface area contributed by atoms with Gasteiger partial charge in [-0.15, -0.1) is 0 Å². The van der Waals surface area contributed by atoms with E-state index in [1.807, 2.05) is 0 Å². The lowest BCUT2D eigenvalue weighted by atomic mass is 9.80. The normalized spacial score (nSPS) is 31.4. The molecule has 1 saturated heterocycles. The molecule has 0 aliphatic carbocycles. The van der Waals surface area contributed by atoms with E-state index in [0.29, 0.717) is 30.1 Å². The third kappa shape index (κ3) is 3.24. The summed E-state index contributed by atoms with van der Waals surface area (Å²) in [7, 11) is 0. The highest BCUT2D eigenvalue weighted by atomic mass is 16.5. The monoisotopic (exact) mass is 275 g/mol. The van der Waals surface area contributed by atoms with Crippen LogP contribution in [-0.4, -0.2) is 18.8 Å². The van der Waals surface area contributed by atoms with Gasteiger partial charge >= 0.3 is 0 Å². The fourth-order valence-corrected chi connectivity index (χ4v) is 3.42. The zero-order valence-electron chi connectivity index (χ0n) is 13.5. The Morgan fingerprint density at radius 3 is 2.25 bits per heavy atom. The molecule has 1 aromatic carbocycles. The van der Waals surface area contributed by atoms with Crippen molar-refractivity contribution in [3.05, 3.63) is 35.4 Å². The Morgan fingerprint density at radius 1 is 1.10 bits per heavy atom. The average Bonchev–Trinajstić information content (AvgIpc) is 2.67. The van der Waals surface area contributed by atoms with E-state index >= 15 is 0 Å². The van der Waals surface area contributed by atoms with Crippen LogP contribution in [0.4, 0.5) is 0 Å². The minimum absolute atomic E-state index is 0.315. The highest BCUT2D eigenvalue weighted by Crippen LogP contribution is 2.40. The molecule has 112 valence electrons. The van der Waals surface area contributed by atoms with Crippen molar-refractivity contribution >= 4 is 0 Å². The van der Waals surface area contributed by atoms with Gasteiger partial charge < -0.3 is 10.1 Å². The molecule has 2 rings (SSSR count). The largest absolute Gasteiger partial charge is 0.375 e. The van der Waals surface area contributed by atoms with Crippen molar-refractivity contribution < 1.29 is 4.74 Å². The van der Waals surface area contributed by atoms with Crippen molar-refractivity contribution in [3.63, 3.8) is 0 Å². The van der Waals surface area contributed by atoms with E-state index in [1.165, 1.54) is 11.1 Å². The quantitative estimate of drug-likeness (QED) is 0.873. The molecule has 0 spiro atoms. The maximum absolute atomic E-state index is 6.05. The van der Waals surface area contributed by atoms with E-state index in [4.69, 9.17) is 4.74 Å². The van der Waals surface area contributed by atoms with E-state index in [9.17, 15) is 0 Å². The lowest BCUT2D eigenvalue weighted by molar-refractivity contribution is 0.0475. The summed E-state index contributed by atoms with van der Waals surface area (Å²) in [6.07, 6.45) is 1.83. The lowest BCUT2D eigenvalue weighted by Gasteiger charge is -2.30. The van der Waals surface area contributed by atoms with E-state index in [-0.39, 0.29) is 0 Å². The van der Waals surface area contributed by atoms with Gasteiger partial charge in [0.1, 0.15) is 0 Å². The zero-order valence-corrected chi connectivity index (χ0v) is 13.5. The van der Waals surface area contributed by atoms with Crippen LogP contribution >= 0.6 is 0 Å². The second-order valence-electron chi connectivity index (χ2n) is 6.33. The first-order chi connectivity index (χ1) is 9.54. The molecule has 1 N–H and O–H groups in total. The highest BCUT2D eigenvalue weighted by molar-refractivity contribution is 5.25. The third-order valence-electron chi connectivity index (χ3n) is 4.75. The molecule has 0 aromatic heterocycles. The highest BCUT2D eigenvalue weighted by Gasteiger charge is 2.41. The molecule has 5 atom stereocenters. The Labute approximate surface area is 123 Å². The van der Waals surface area contributed by atoms with Gasteiger partial charge in [0, 0.05) is 12.0 Å². The van der Waals surface area contributed by atoms with Crippen LogP contribution in [0.5, 0.6) is 0 Å². The van der Waals surface area contributed by atoms with Crippen LogP contribution in [0.2, 0.25) is 0 Å². The van der Waals surface area contributed by atoms with Crippen molar-refractivity contribution in [1.82, 2.24) is 5.32 Å². The smallest absolute Gasteiger partial charge is 0.0600 e. The third-order valence-corrected chi connectivity index (χ3v) is 4.75. The molecule has 1 aliphatic rings. The summed E-state index contributed by atoms with van der Waals surface area (Å²) in [4.78, 5) is 0. The minimum Gasteiger partial charge on any atom is -0.375 e. The van der Waals surface area contributed by atoms with Crippen molar-refractivity contribution in [2.45, 2.75) is 59.3 Å². The van der Waals surface area contributed by atoms with Gasteiger partial charge in [0.05, 0.1) is 12.2 Å². The summed E-state index contributed by atoms with van der Waals surface area (Å²) in [5, 5.41) is 3.75. The van der Waals surface area contributed by atoms with Gasteiger partial charge in [-0.2, -0.15) is 0 Å². The number of nitrogens with one attached hydrogen (secondary N) is 1. The summed E-state index contributed by atoms with van der Waals surface area (Å²) in [6, 6.07) is 9.36. The first kappa shape index (κ1) is 15.5. The lowest BCUT2D eigenvalue weighted by Crippen LogP contribution is -2.35. The van der Waals surface area contributed by atoms with Crippen LogP contribution < -0.4 is 5.32 Å². The molecular weight excluding hydrogens is 246 g/mol. The molecule has 2 nitrogen and oxygen atoms in total. The predicted molar refractivity (Wildman–Crippen MR) is 84.9 cm³/mol. The van der Waals surface area contributed by atoms with Gasteiger partial charge in [-0.05, 0) is 45.2 Å². The molecule has 0 amide bonds. The summed E-state index contributed by atoms with van der Waals surface area (Å²) >= 11 is 0. The molecule has 0 saturated carbocycles. The fraction of sp³-hybridized carbons (Fsp3) is 0.667. The second kappa shape index (κ2) is 6.73. The molecule has 20 heavy (non-hydrogen) atoms. The van der Waals surface area contributed by atoms with Crippen LogP contribution in [-0.2, 0) is 4.74 Å². The summed E-state index contributed by atoms with van der Waals surface area (Å²) in [6.45, 7) is 12.2. The van der Waals surface area contributed by atoms with Crippen molar-refractivity contribution in [3.8, 4) is 0 Å². The van der Waals surface area contributed by atoms with E-state index in [0.717, 1.165) is 13.0 Å².